The van der Waals surface area contributed by atoms with Crippen molar-refractivity contribution in [3.05, 3.63) is 35.9 Å². The summed E-state index contributed by atoms with van der Waals surface area (Å²) in [6.45, 7) is 4.47. The second kappa shape index (κ2) is 14.3. The molecule has 1 aromatic rings. The van der Waals surface area contributed by atoms with Gasteiger partial charge in [-0.15, -0.1) is 0 Å². The van der Waals surface area contributed by atoms with Crippen LogP contribution in [0.2, 0.25) is 0 Å². The van der Waals surface area contributed by atoms with Crippen molar-refractivity contribution in [2.75, 3.05) is 6.54 Å². The third kappa shape index (κ3) is 7.81. The van der Waals surface area contributed by atoms with Crippen molar-refractivity contribution in [2.24, 2.45) is 39.6 Å². The molecule has 0 aliphatic heterocycles. The molecule has 0 bridgehead atoms. The molecule has 12 N–H and O–H groups in total. The lowest BCUT2D eigenvalue weighted by Crippen LogP contribution is -2.73. The molecule has 39 heavy (non-hydrogen) atoms. The Labute approximate surface area is 226 Å². The molecule has 5 unspecified atom stereocenters. The molecule has 0 aliphatic rings. The molecular formula is C25H39N7O7. The Morgan fingerprint density at radius 2 is 1.49 bits per heavy atom. The highest BCUT2D eigenvalue weighted by Crippen LogP contribution is 2.38. The maximum atomic E-state index is 13.8. The van der Waals surface area contributed by atoms with Crippen LogP contribution in [-0.4, -0.2) is 80.8 Å². The monoisotopic (exact) mass is 549 g/mol. The Hall–Kier alpha value is -3.88. The summed E-state index contributed by atoms with van der Waals surface area (Å²) in [5.41, 5.74) is 25.0. The fourth-order valence-electron chi connectivity index (χ4n) is 4.32. The molecule has 5 atom stereocenters. The number of ketones is 1. The number of hydrogen-bond acceptors (Lipinski definition) is 9. The van der Waals surface area contributed by atoms with E-state index in [0.29, 0.717) is 0 Å². The molecule has 14 nitrogen and oxygen atoms in total. The van der Waals surface area contributed by atoms with E-state index in [-0.39, 0.29) is 48.1 Å². The lowest BCUT2D eigenvalue weighted by Gasteiger charge is -2.44. The average Bonchev–Trinajstić information content (AvgIpc) is 2.84. The van der Waals surface area contributed by atoms with E-state index in [1.54, 1.807) is 19.9 Å². The van der Waals surface area contributed by atoms with Crippen LogP contribution in [0.4, 0.5) is 0 Å². The second-order valence-corrected chi connectivity index (χ2v) is 9.66. The molecule has 0 aliphatic carbocycles. The van der Waals surface area contributed by atoms with Gasteiger partial charge in [0, 0.05) is 6.54 Å². The van der Waals surface area contributed by atoms with E-state index in [0.717, 1.165) is 6.92 Å². The standard InChI is InChI=1S/C25H39N7O7/c1-13(2)12-17(27)22(37)32(21(36)16(26)10-7-11-31-24(29)30)25(23(38)39,19(34)14(3)33)18(20(28)35)15-8-5-4-6-9-15/h4-6,8-9,13-14,16-18,33H,7,10-12,26-27H2,1-3H3,(H2,28,35)(H,38,39)(H4,29,30,31). The Morgan fingerprint density at radius 1 is 0.949 bits per heavy atom. The number of nitrogens with zero attached hydrogens (tertiary/aromatic N) is 2. The molecule has 0 saturated carbocycles. The van der Waals surface area contributed by atoms with Gasteiger partial charge in [-0.2, -0.15) is 0 Å². The van der Waals surface area contributed by atoms with Gasteiger partial charge in [-0.05, 0) is 37.7 Å². The van der Waals surface area contributed by atoms with Crippen LogP contribution in [0.25, 0.3) is 0 Å². The van der Waals surface area contributed by atoms with E-state index < -0.39 is 59.1 Å². The van der Waals surface area contributed by atoms with Gasteiger partial charge >= 0.3 is 5.97 Å². The normalized spacial score (nSPS) is 15.8. The SMILES string of the molecule is CC(C)CC(N)C(=O)N(C(=O)C(N)CCCN=C(N)N)C(C(=O)O)(C(=O)C(C)O)C(C(N)=O)c1ccccc1. The Morgan fingerprint density at radius 3 is 1.92 bits per heavy atom. The Kier molecular flexibility index (Phi) is 12.2. The number of carboxylic acid groups (broad SMARTS) is 1. The number of imide groups is 1. The Balaban J connectivity index is 4.00. The van der Waals surface area contributed by atoms with Crippen molar-refractivity contribution in [3.63, 3.8) is 0 Å². The van der Waals surface area contributed by atoms with Gasteiger partial charge in [-0.1, -0.05) is 44.2 Å². The largest absolute Gasteiger partial charge is 0.479 e. The zero-order valence-corrected chi connectivity index (χ0v) is 22.3. The number of aliphatic hydroxyl groups is 1. The lowest BCUT2D eigenvalue weighted by atomic mass is 9.72. The summed E-state index contributed by atoms with van der Waals surface area (Å²) in [6.07, 6.45) is -2.04. The molecule has 14 heteroatoms. The van der Waals surface area contributed by atoms with Gasteiger partial charge < -0.3 is 38.9 Å². The smallest absolute Gasteiger partial charge is 0.339 e. The molecule has 0 fully saturated rings. The van der Waals surface area contributed by atoms with E-state index in [9.17, 15) is 34.2 Å². The van der Waals surface area contributed by atoms with Gasteiger partial charge in [0.25, 0.3) is 0 Å². The zero-order valence-electron chi connectivity index (χ0n) is 22.3. The molecule has 3 amide bonds. The fraction of sp³-hybridized carbons (Fsp3) is 0.520. The molecule has 216 valence electrons. The number of Topliss-reactive ketones (excluding diaryl/α,β-unsaturated/α-hetero) is 1. The van der Waals surface area contributed by atoms with Crippen LogP contribution in [0.1, 0.15) is 51.5 Å². The van der Waals surface area contributed by atoms with Gasteiger partial charge in [0.2, 0.25) is 23.3 Å². The number of aliphatic imine (C=N–C) groups is 1. The quantitative estimate of drug-likeness (QED) is 0.0551. The van der Waals surface area contributed by atoms with E-state index in [4.69, 9.17) is 28.7 Å². The highest BCUT2D eigenvalue weighted by Gasteiger charge is 2.64. The van der Waals surface area contributed by atoms with Crippen LogP contribution in [0.5, 0.6) is 0 Å². The average molecular weight is 550 g/mol. The third-order valence-electron chi connectivity index (χ3n) is 6.04. The first-order valence-electron chi connectivity index (χ1n) is 12.3. The van der Waals surface area contributed by atoms with Crippen molar-refractivity contribution in [1.29, 1.82) is 0 Å². The summed E-state index contributed by atoms with van der Waals surface area (Å²) < 4.78 is 0. The first-order chi connectivity index (χ1) is 18.1. The van der Waals surface area contributed by atoms with Crippen LogP contribution in [0, 0.1) is 5.92 Å². The highest BCUT2D eigenvalue weighted by molar-refractivity contribution is 6.20. The van der Waals surface area contributed by atoms with Gasteiger partial charge in [0.1, 0.15) is 12.0 Å². The van der Waals surface area contributed by atoms with Crippen LogP contribution < -0.4 is 28.7 Å². The van der Waals surface area contributed by atoms with Crippen molar-refractivity contribution in [2.45, 2.75) is 69.7 Å². The topological polar surface area (TPSA) is 272 Å². The molecule has 0 aromatic heterocycles. The molecule has 1 aromatic carbocycles. The summed E-state index contributed by atoms with van der Waals surface area (Å²) in [5.74, 6) is -10.0. The van der Waals surface area contributed by atoms with Crippen LogP contribution in [-0.2, 0) is 24.0 Å². The number of hydrogen-bond donors (Lipinski definition) is 7. The van der Waals surface area contributed by atoms with E-state index >= 15 is 0 Å². The zero-order chi connectivity index (χ0) is 30.1. The molecular weight excluding hydrogens is 510 g/mol. The van der Waals surface area contributed by atoms with E-state index in [1.807, 2.05) is 0 Å². The van der Waals surface area contributed by atoms with Gasteiger partial charge in [-0.3, -0.25) is 29.1 Å². The summed E-state index contributed by atoms with van der Waals surface area (Å²) in [5, 5.41) is 20.9. The number of amides is 3. The van der Waals surface area contributed by atoms with E-state index in [2.05, 4.69) is 4.99 Å². The number of benzene rings is 1. The molecule has 0 saturated heterocycles. The minimum absolute atomic E-state index is 0.00646. The van der Waals surface area contributed by atoms with Gasteiger partial charge in [-0.25, -0.2) is 4.79 Å². The van der Waals surface area contributed by atoms with Crippen LogP contribution in [0.15, 0.2) is 35.3 Å². The van der Waals surface area contributed by atoms with Crippen molar-refractivity contribution in [3.8, 4) is 0 Å². The Bertz CT molecular complexity index is 1070. The fourth-order valence-corrected chi connectivity index (χ4v) is 4.32. The number of aliphatic carboxylic acids is 1. The predicted molar refractivity (Wildman–Crippen MR) is 143 cm³/mol. The second-order valence-electron chi connectivity index (χ2n) is 9.66. The summed E-state index contributed by atoms with van der Waals surface area (Å²) in [6, 6.07) is 4.04. The number of primary amides is 1. The number of rotatable bonds is 15. The lowest BCUT2D eigenvalue weighted by molar-refractivity contribution is -0.177. The first-order valence-corrected chi connectivity index (χ1v) is 12.3. The number of carboxylic acids is 1. The maximum Gasteiger partial charge on any atom is 0.339 e. The minimum Gasteiger partial charge on any atom is -0.479 e. The maximum absolute atomic E-state index is 13.8. The number of nitrogens with two attached hydrogens (primary N) is 5. The minimum atomic E-state index is -3.32. The van der Waals surface area contributed by atoms with Crippen molar-refractivity contribution >= 4 is 35.4 Å². The van der Waals surface area contributed by atoms with Crippen LogP contribution in [0.3, 0.4) is 0 Å². The van der Waals surface area contributed by atoms with Crippen molar-refractivity contribution in [1.82, 2.24) is 4.90 Å². The van der Waals surface area contributed by atoms with Crippen LogP contribution >= 0.6 is 0 Å². The van der Waals surface area contributed by atoms with Gasteiger partial charge in [0.15, 0.2) is 11.7 Å². The highest BCUT2D eigenvalue weighted by atomic mass is 16.4. The molecule has 0 spiro atoms. The predicted octanol–water partition coefficient (Wildman–Crippen LogP) is -1.86. The summed E-state index contributed by atoms with van der Waals surface area (Å²) >= 11 is 0. The summed E-state index contributed by atoms with van der Waals surface area (Å²) in [4.78, 5) is 71.2. The van der Waals surface area contributed by atoms with Gasteiger partial charge in [0.05, 0.1) is 12.1 Å². The number of guanidine groups is 1. The first kappa shape index (κ1) is 33.1. The van der Waals surface area contributed by atoms with Crippen molar-refractivity contribution < 1.29 is 34.2 Å². The molecule has 0 radical (unpaired) electrons. The number of carbonyl (C=O) groups is 5. The van der Waals surface area contributed by atoms with E-state index in [1.165, 1.54) is 24.3 Å². The number of carbonyl (C=O) groups excluding carboxylic acids is 4. The molecule has 1 rings (SSSR count). The third-order valence-corrected chi connectivity index (χ3v) is 6.04. The molecule has 0 heterocycles. The number of aliphatic hydroxyl groups excluding tert-OH is 1. The summed E-state index contributed by atoms with van der Waals surface area (Å²) in [7, 11) is 0.